The highest BCUT2D eigenvalue weighted by Crippen LogP contribution is 2.21. The Morgan fingerprint density at radius 3 is 2.48 bits per heavy atom. The van der Waals surface area contributed by atoms with Crippen LogP contribution in [0.4, 0.5) is 4.39 Å². The number of methoxy groups -OCH3 is 1. The van der Waals surface area contributed by atoms with Crippen LogP contribution >= 0.6 is 0 Å². The van der Waals surface area contributed by atoms with Gasteiger partial charge in [-0.15, -0.1) is 0 Å². The highest BCUT2D eigenvalue weighted by atomic mass is 19.1. The van der Waals surface area contributed by atoms with Gasteiger partial charge in [0, 0.05) is 13.1 Å². The number of piperazine rings is 1. The van der Waals surface area contributed by atoms with Crippen LogP contribution in [0.5, 0.6) is 5.75 Å². The van der Waals surface area contributed by atoms with Crippen LogP contribution in [0, 0.1) is 12.7 Å². The highest BCUT2D eigenvalue weighted by Gasteiger charge is 2.36. The van der Waals surface area contributed by atoms with Gasteiger partial charge in [0.15, 0.2) is 0 Å². The largest absolute Gasteiger partial charge is 0.497 e. The molecule has 6 heteroatoms. The quantitative estimate of drug-likeness (QED) is 0.813. The lowest BCUT2D eigenvalue weighted by Crippen LogP contribution is -2.58. The van der Waals surface area contributed by atoms with Crippen LogP contribution < -0.4 is 4.74 Å². The highest BCUT2D eigenvalue weighted by molar-refractivity contribution is 5.94. The first kappa shape index (κ1) is 18.9. The second-order valence-electron chi connectivity index (χ2n) is 6.81. The van der Waals surface area contributed by atoms with Gasteiger partial charge in [0.05, 0.1) is 7.11 Å². The molecule has 2 aromatic rings. The molecule has 27 heavy (non-hydrogen) atoms. The number of hydrogen-bond acceptors (Lipinski definition) is 3. The summed E-state index contributed by atoms with van der Waals surface area (Å²) in [4.78, 5) is 28.5. The zero-order chi connectivity index (χ0) is 19.6. The minimum Gasteiger partial charge on any atom is -0.497 e. The lowest BCUT2D eigenvalue weighted by atomic mass is 10.1. The molecular formula is C21H23FN2O3. The van der Waals surface area contributed by atoms with E-state index in [0.29, 0.717) is 12.1 Å². The summed E-state index contributed by atoms with van der Waals surface area (Å²) in [6.07, 6.45) is 0. The van der Waals surface area contributed by atoms with Crippen molar-refractivity contribution in [3.05, 3.63) is 65.0 Å². The Bertz CT molecular complexity index is 851. The first-order valence-electron chi connectivity index (χ1n) is 8.85. The Morgan fingerprint density at radius 1 is 1.11 bits per heavy atom. The molecule has 0 unspecified atom stereocenters. The number of amides is 2. The number of ether oxygens (including phenoxy) is 1. The Hall–Kier alpha value is -2.89. The van der Waals surface area contributed by atoms with Gasteiger partial charge in [-0.3, -0.25) is 9.59 Å². The van der Waals surface area contributed by atoms with Gasteiger partial charge in [0.1, 0.15) is 24.2 Å². The monoisotopic (exact) mass is 370 g/mol. The van der Waals surface area contributed by atoms with E-state index in [-0.39, 0.29) is 30.7 Å². The molecule has 0 radical (unpaired) electrons. The first-order valence-corrected chi connectivity index (χ1v) is 8.85. The minimum absolute atomic E-state index is 0.0174. The number of rotatable bonds is 5. The van der Waals surface area contributed by atoms with Gasteiger partial charge in [-0.25, -0.2) is 4.39 Å². The maximum Gasteiger partial charge on any atom is 0.245 e. The van der Waals surface area contributed by atoms with Crippen molar-refractivity contribution in [1.29, 1.82) is 0 Å². The second kappa shape index (κ2) is 7.78. The minimum atomic E-state index is -0.591. The van der Waals surface area contributed by atoms with E-state index in [0.717, 1.165) is 16.9 Å². The standard InChI is InChI=1S/C21H23FN2O3/c1-14-4-7-18(22)10-17(14)12-24-15(2)21(26)23(13-20(24)25)11-16-5-8-19(27-3)9-6-16/h4-10,15H,11-13H2,1-3H3/t15-/m0/s1. The van der Waals surface area contributed by atoms with Crippen molar-refractivity contribution in [1.82, 2.24) is 9.80 Å². The number of hydrogen-bond donors (Lipinski definition) is 0. The summed E-state index contributed by atoms with van der Waals surface area (Å²) in [6, 6.07) is 11.3. The first-order chi connectivity index (χ1) is 12.9. The van der Waals surface area contributed by atoms with Crippen molar-refractivity contribution in [2.24, 2.45) is 0 Å². The Balaban J connectivity index is 1.72. The van der Waals surface area contributed by atoms with Gasteiger partial charge in [-0.2, -0.15) is 0 Å². The van der Waals surface area contributed by atoms with E-state index in [9.17, 15) is 14.0 Å². The summed E-state index contributed by atoms with van der Waals surface area (Å²) in [5.41, 5.74) is 2.54. The Kier molecular flexibility index (Phi) is 5.44. The van der Waals surface area contributed by atoms with Gasteiger partial charge in [0.2, 0.25) is 11.8 Å². The molecule has 3 rings (SSSR count). The third-order valence-electron chi connectivity index (χ3n) is 4.97. The molecule has 0 N–H and O–H groups in total. The van der Waals surface area contributed by atoms with Crippen molar-refractivity contribution >= 4 is 11.8 Å². The summed E-state index contributed by atoms with van der Waals surface area (Å²) >= 11 is 0. The maximum absolute atomic E-state index is 13.5. The van der Waals surface area contributed by atoms with Crippen LogP contribution in [-0.4, -0.2) is 41.3 Å². The predicted octanol–water partition coefficient (Wildman–Crippen LogP) is 2.90. The molecule has 5 nitrogen and oxygen atoms in total. The fourth-order valence-corrected chi connectivity index (χ4v) is 3.25. The molecule has 2 aromatic carbocycles. The lowest BCUT2D eigenvalue weighted by molar-refractivity contribution is -0.156. The fraction of sp³-hybridized carbons (Fsp3) is 0.333. The van der Waals surface area contributed by atoms with Crippen LogP contribution in [0.3, 0.4) is 0 Å². The molecule has 1 aliphatic heterocycles. The average Bonchev–Trinajstić information content (AvgIpc) is 2.66. The lowest BCUT2D eigenvalue weighted by Gasteiger charge is -2.39. The van der Waals surface area contributed by atoms with Crippen molar-refractivity contribution in [3.63, 3.8) is 0 Å². The van der Waals surface area contributed by atoms with Crippen LogP contribution in [-0.2, 0) is 22.7 Å². The van der Waals surface area contributed by atoms with E-state index >= 15 is 0 Å². The summed E-state index contributed by atoms with van der Waals surface area (Å²) in [5, 5.41) is 0. The Labute approximate surface area is 158 Å². The zero-order valence-corrected chi connectivity index (χ0v) is 15.7. The maximum atomic E-state index is 13.5. The average molecular weight is 370 g/mol. The summed E-state index contributed by atoms with van der Waals surface area (Å²) in [6.45, 7) is 4.20. The molecule has 0 saturated carbocycles. The molecule has 142 valence electrons. The van der Waals surface area contributed by atoms with Crippen LogP contribution in [0.15, 0.2) is 42.5 Å². The van der Waals surface area contributed by atoms with Gasteiger partial charge >= 0.3 is 0 Å². The SMILES string of the molecule is COc1ccc(CN2CC(=O)N(Cc3cc(F)ccc3C)[C@@H](C)C2=O)cc1. The van der Waals surface area contributed by atoms with Crippen molar-refractivity contribution < 1.29 is 18.7 Å². The molecule has 1 aliphatic rings. The molecule has 0 spiro atoms. The van der Waals surface area contributed by atoms with Gasteiger partial charge in [-0.05, 0) is 54.8 Å². The number of aryl methyl sites for hydroxylation is 1. The zero-order valence-electron chi connectivity index (χ0n) is 15.7. The summed E-state index contributed by atoms with van der Waals surface area (Å²) < 4.78 is 18.7. The predicted molar refractivity (Wildman–Crippen MR) is 99.6 cm³/mol. The molecular weight excluding hydrogens is 347 g/mol. The van der Waals surface area contributed by atoms with E-state index in [1.165, 1.54) is 17.0 Å². The van der Waals surface area contributed by atoms with Crippen LogP contribution in [0.25, 0.3) is 0 Å². The second-order valence-corrected chi connectivity index (χ2v) is 6.81. The van der Waals surface area contributed by atoms with Crippen molar-refractivity contribution in [2.75, 3.05) is 13.7 Å². The van der Waals surface area contributed by atoms with E-state index in [2.05, 4.69) is 0 Å². The van der Waals surface area contributed by atoms with Crippen molar-refractivity contribution in [2.45, 2.75) is 33.0 Å². The van der Waals surface area contributed by atoms with Crippen LogP contribution in [0.2, 0.25) is 0 Å². The van der Waals surface area contributed by atoms with E-state index < -0.39 is 6.04 Å². The third-order valence-corrected chi connectivity index (χ3v) is 4.97. The number of carbonyl (C=O) groups is 2. The third kappa shape index (κ3) is 4.10. The molecule has 0 aromatic heterocycles. The molecule has 2 amide bonds. The smallest absolute Gasteiger partial charge is 0.245 e. The van der Waals surface area contributed by atoms with Gasteiger partial charge in [0.25, 0.3) is 0 Å². The van der Waals surface area contributed by atoms with Crippen molar-refractivity contribution in [3.8, 4) is 5.75 Å². The topological polar surface area (TPSA) is 49.9 Å². The number of carbonyl (C=O) groups excluding carboxylic acids is 2. The van der Waals surface area contributed by atoms with E-state index in [1.54, 1.807) is 25.0 Å². The van der Waals surface area contributed by atoms with Crippen LogP contribution in [0.1, 0.15) is 23.6 Å². The number of benzene rings is 2. The number of nitrogens with zero attached hydrogens (tertiary/aromatic N) is 2. The molecule has 0 bridgehead atoms. The van der Waals surface area contributed by atoms with Gasteiger partial charge < -0.3 is 14.5 Å². The Morgan fingerprint density at radius 2 is 1.81 bits per heavy atom. The summed E-state index contributed by atoms with van der Waals surface area (Å²) in [5.74, 6) is 0.142. The molecule has 1 heterocycles. The van der Waals surface area contributed by atoms with E-state index in [4.69, 9.17) is 4.74 Å². The summed E-state index contributed by atoms with van der Waals surface area (Å²) in [7, 11) is 1.60. The fourth-order valence-electron chi connectivity index (χ4n) is 3.25. The molecule has 1 saturated heterocycles. The van der Waals surface area contributed by atoms with Gasteiger partial charge in [-0.1, -0.05) is 18.2 Å². The molecule has 1 atom stereocenters. The molecule has 1 fully saturated rings. The van der Waals surface area contributed by atoms with E-state index in [1.807, 2.05) is 31.2 Å². The molecule has 0 aliphatic carbocycles. The normalized spacial score (nSPS) is 17.4. The number of halogens is 1.